The third kappa shape index (κ3) is 2.63. The van der Waals surface area contributed by atoms with Crippen LogP contribution in [0.5, 0.6) is 0 Å². The Hall–Kier alpha value is -1.02. The van der Waals surface area contributed by atoms with Gasteiger partial charge >= 0.3 is 0 Å². The lowest BCUT2D eigenvalue weighted by atomic mass is 10.0. The molecule has 1 aliphatic carbocycles. The van der Waals surface area contributed by atoms with Crippen LogP contribution in [0.1, 0.15) is 34.3 Å². The summed E-state index contributed by atoms with van der Waals surface area (Å²) >= 11 is 5.79. The van der Waals surface area contributed by atoms with Crippen LogP contribution in [0.4, 0.5) is 0 Å². The van der Waals surface area contributed by atoms with Gasteiger partial charge in [0.2, 0.25) is 0 Å². The van der Waals surface area contributed by atoms with Gasteiger partial charge in [-0.05, 0) is 37.8 Å². The van der Waals surface area contributed by atoms with E-state index in [1.807, 2.05) is 36.9 Å². The van der Waals surface area contributed by atoms with E-state index in [0.717, 1.165) is 29.5 Å². The lowest BCUT2D eigenvalue weighted by Gasteiger charge is -2.23. The van der Waals surface area contributed by atoms with Crippen LogP contribution in [0.3, 0.4) is 0 Å². The van der Waals surface area contributed by atoms with Gasteiger partial charge < -0.3 is 4.90 Å². The van der Waals surface area contributed by atoms with E-state index in [4.69, 9.17) is 11.6 Å². The Kier molecular flexibility index (Phi) is 3.72. The van der Waals surface area contributed by atoms with Crippen molar-refractivity contribution < 1.29 is 4.79 Å². The lowest BCUT2D eigenvalue weighted by molar-refractivity contribution is 0.0752. The van der Waals surface area contributed by atoms with Crippen LogP contribution >= 0.6 is 11.6 Å². The van der Waals surface area contributed by atoms with Crippen molar-refractivity contribution in [3.05, 3.63) is 34.9 Å². The predicted molar refractivity (Wildman–Crippen MR) is 70.7 cm³/mol. The number of hydrogen-bond acceptors (Lipinski definition) is 1. The Morgan fingerprint density at radius 1 is 1.35 bits per heavy atom. The fourth-order valence-corrected chi connectivity index (χ4v) is 2.40. The van der Waals surface area contributed by atoms with Crippen molar-refractivity contribution in [2.24, 2.45) is 0 Å². The molecule has 0 aromatic heterocycles. The molecule has 1 aromatic rings. The summed E-state index contributed by atoms with van der Waals surface area (Å²) in [4.78, 5) is 14.5. The van der Waals surface area contributed by atoms with Gasteiger partial charge in [-0.3, -0.25) is 4.79 Å². The molecule has 92 valence electrons. The van der Waals surface area contributed by atoms with Crippen LogP contribution in [-0.2, 0) is 0 Å². The van der Waals surface area contributed by atoms with Gasteiger partial charge in [-0.2, -0.15) is 0 Å². The van der Waals surface area contributed by atoms with E-state index < -0.39 is 0 Å². The molecule has 1 aliphatic rings. The molecule has 0 heterocycles. The molecule has 0 radical (unpaired) electrons. The first-order chi connectivity index (χ1) is 8.15. The van der Waals surface area contributed by atoms with Crippen molar-refractivity contribution in [3.8, 4) is 0 Å². The van der Waals surface area contributed by atoms with Crippen LogP contribution in [0, 0.1) is 13.8 Å². The zero-order valence-electron chi connectivity index (χ0n) is 10.4. The number of carbonyl (C=O) groups excluding carboxylic acids is 1. The van der Waals surface area contributed by atoms with E-state index in [0.29, 0.717) is 18.5 Å². The highest BCUT2D eigenvalue weighted by molar-refractivity contribution is 6.18. The second kappa shape index (κ2) is 5.09. The molecule has 0 aliphatic heterocycles. The highest BCUT2D eigenvalue weighted by Gasteiger charge is 2.33. The number of rotatable bonds is 4. The van der Waals surface area contributed by atoms with E-state index in [2.05, 4.69) is 0 Å². The summed E-state index contributed by atoms with van der Waals surface area (Å²) < 4.78 is 0. The molecular formula is C14H18ClNO. The molecule has 3 heteroatoms. The van der Waals surface area contributed by atoms with Crippen LogP contribution < -0.4 is 0 Å². The highest BCUT2D eigenvalue weighted by atomic mass is 35.5. The second-order valence-electron chi connectivity index (χ2n) is 4.69. The van der Waals surface area contributed by atoms with Crippen molar-refractivity contribution in [1.82, 2.24) is 4.90 Å². The molecular weight excluding hydrogens is 234 g/mol. The van der Waals surface area contributed by atoms with Gasteiger partial charge in [-0.25, -0.2) is 0 Å². The first kappa shape index (κ1) is 12.4. The third-order valence-electron chi connectivity index (χ3n) is 3.27. The average Bonchev–Trinajstić information content (AvgIpc) is 3.09. The summed E-state index contributed by atoms with van der Waals surface area (Å²) in [6.07, 6.45) is 2.24. The Morgan fingerprint density at radius 3 is 2.41 bits per heavy atom. The summed E-state index contributed by atoms with van der Waals surface area (Å²) in [6.45, 7) is 4.64. The molecule has 0 atom stereocenters. The molecule has 1 aromatic carbocycles. The number of nitrogens with zero attached hydrogens (tertiary/aromatic N) is 1. The van der Waals surface area contributed by atoms with Crippen LogP contribution in [0.15, 0.2) is 18.2 Å². The van der Waals surface area contributed by atoms with Gasteiger partial charge in [0, 0.05) is 24.0 Å². The van der Waals surface area contributed by atoms with Gasteiger partial charge in [0.1, 0.15) is 0 Å². The van der Waals surface area contributed by atoms with Crippen LogP contribution in [0.2, 0.25) is 0 Å². The van der Waals surface area contributed by atoms with Crippen molar-refractivity contribution >= 4 is 17.5 Å². The first-order valence-corrected chi connectivity index (χ1v) is 6.61. The minimum absolute atomic E-state index is 0.142. The van der Waals surface area contributed by atoms with E-state index in [9.17, 15) is 4.79 Å². The van der Waals surface area contributed by atoms with Crippen molar-refractivity contribution in [3.63, 3.8) is 0 Å². The van der Waals surface area contributed by atoms with E-state index >= 15 is 0 Å². The number of carbonyl (C=O) groups is 1. The predicted octanol–water partition coefficient (Wildman–Crippen LogP) is 3.15. The molecule has 0 unspecified atom stereocenters. The monoisotopic (exact) mass is 251 g/mol. The Balaban J connectivity index is 2.28. The molecule has 1 amide bonds. The topological polar surface area (TPSA) is 20.3 Å². The van der Waals surface area contributed by atoms with Crippen LogP contribution in [0.25, 0.3) is 0 Å². The molecule has 17 heavy (non-hydrogen) atoms. The standard InChI is InChI=1S/C14H18ClNO/c1-10-4-3-5-11(2)13(10)14(17)16(9-8-15)12-6-7-12/h3-5,12H,6-9H2,1-2H3. The largest absolute Gasteiger partial charge is 0.334 e. The summed E-state index contributed by atoms with van der Waals surface area (Å²) in [5, 5.41) is 0. The number of amides is 1. The van der Waals surface area contributed by atoms with Crippen LogP contribution in [-0.4, -0.2) is 29.3 Å². The number of halogens is 1. The SMILES string of the molecule is Cc1cccc(C)c1C(=O)N(CCCl)C1CC1. The van der Waals surface area contributed by atoms with Gasteiger partial charge in [0.05, 0.1) is 0 Å². The van der Waals surface area contributed by atoms with Crippen molar-refractivity contribution in [2.75, 3.05) is 12.4 Å². The number of aryl methyl sites for hydroxylation is 2. The summed E-state index contributed by atoms with van der Waals surface area (Å²) in [5.41, 5.74) is 2.95. The fourth-order valence-electron chi connectivity index (χ4n) is 2.22. The van der Waals surface area contributed by atoms with Gasteiger partial charge in [-0.15, -0.1) is 11.6 Å². The quantitative estimate of drug-likeness (QED) is 0.753. The van der Waals surface area contributed by atoms with E-state index in [-0.39, 0.29) is 5.91 Å². The van der Waals surface area contributed by atoms with Gasteiger partial charge in [0.25, 0.3) is 5.91 Å². The average molecular weight is 252 g/mol. The molecule has 0 bridgehead atoms. The van der Waals surface area contributed by atoms with Gasteiger partial charge in [0.15, 0.2) is 0 Å². The first-order valence-electron chi connectivity index (χ1n) is 6.08. The minimum Gasteiger partial charge on any atom is -0.334 e. The van der Waals surface area contributed by atoms with Gasteiger partial charge in [-0.1, -0.05) is 18.2 Å². The molecule has 2 rings (SSSR count). The summed E-state index contributed by atoms with van der Waals surface area (Å²) in [7, 11) is 0. The normalized spacial score (nSPS) is 14.8. The number of alkyl halides is 1. The molecule has 0 saturated heterocycles. The lowest BCUT2D eigenvalue weighted by Crippen LogP contribution is -2.35. The maximum atomic E-state index is 12.5. The second-order valence-corrected chi connectivity index (χ2v) is 5.06. The Labute approximate surface area is 108 Å². The zero-order chi connectivity index (χ0) is 12.4. The molecule has 0 N–H and O–H groups in total. The number of benzene rings is 1. The Bertz CT molecular complexity index is 406. The highest BCUT2D eigenvalue weighted by Crippen LogP contribution is 2.29. The maximum Gasteiger partial charge on any atom is 0.254 e. The summed E-state index contributed by atoms with van der Waals surface area (Å²) in [6, 6.07) is 6.39. The third-order valence-corrected chi connectivity index (χ3v) is 3.44. The maximum absolute atomic E-state index is 12.5. The van der Waals surface area contributed by atoms with Crippen molar-refractivity contribution in [1.29, 1.82) is 0 Å². The summed E-state index contributed by atoms with van der Waals surface area (Å²) in [5.74, 6) is 0.649. The number of hydrogen-bond donors (Lipinski definition) is 0. The van der Waals surface area contributed by atoms with Crippen molar-refractivity contribution in [2.45, 2.75) is 32.7 Å². The minimum atomic E-state index is 0.142. The molecule has 0 spiro atoms. The molecule has 1 fully saturated rings. The zero-order valence-corrected chi connectivity index (χ0v) is 11.1. The molecule has 2 nitrogen and oxygen atoms in total. The molecule has 1 saturated carbocycles. The fraction of sp³-hybridized carbons (Fsp3) is 0.500. The van der Waals surface area contributed by atoms with E-state index in [1.54, 1.807) is 0 Å². The smallest absolute Gasteiger partial charge is 0.254 e. The van der Waals surface area contributed by atoms with E-state index in [1.165, 1.54) is 0 Å². The Morgan fingerprint density at radius 2 is 1.94 bits per heavy atom.